The fourth-order valence-corrected chi connectivity index (χ4v) is 3.54. The van der Waals surface area contributed by atoms with Gasteiger partial charge in [0, 0.05) is 16.8 Å². The predicted molar refractivity (Wildman–Crippen MR) is 131 cm³/mol. The van der Waals surface area contributed by atoms with Crippen LogP contribution in [0.1, 0.15) is 32.5 Å². The molecular formula is C25H30N6O2. The minimum atomic E-state index is -0.0732. The van der Waals surface area contributed by atoms with Crippen molar-refractivity contribution in [2.24, 2.45) is 0 Å². The van der Waals surface area contributed by atoms with E-state index in [1.165, 1.54) is 0 Å². The minimum Gasteiger partial charge on any atom is -0.436 e. The zero-order chi connectivity index (χ0) is 23.0. The fraction of sp³-hybridized carbons (Fsp3) is 0.320. The van der Waals surface area contributed by atoms with Gasteiger partial charge in [0.15, 0.2) is 5.76 Å². The van der Waals surface area contributed by atoms with E-state index in [0.29, 0.717) is 18.2 Å². The van der Waals surface area contributed by atoms with Crippen LogP contribution in [-0.4, -0.2) is 40.5 Å². The first-order chi connectivity index (χ1) is 16.2. The van der Waals surface area contributed by atoms with Crippen molar-refractivity contribution in [3.63, 3.8) is 0 Å². The molecule has 8 nitrogen and oxygen atoms in total. The second kappa shape index (κ2) is 10.9. The second-order valence-electron chi connectivity index (χ2n) is 7.93. The molecule has 4 aromatic rings. The van der Waals surface area contributed by atoms with E-state index in [4.69, 9.17) is 4.42 Å². The molecule has 0 saturated heterocycles. The van der Waals surface area contributed by atoms with E-state index in [-0.39, 0.29) is 12.5 Å². The Bertz CT molecular complexity index is 1210. The smallest absolute Gasteiger partial charge is 0.238 e. The number of imidazole rings is 1. The molecule has 0 atom stereocenters. The Morgan fingerprint density at radius 2 is 1.88 bits per heavy atom. The highest BCUT2D eigenvalue weighted by atomic mass is 16.4. The maximum Gasteiger partial charge on any atom is 0.238 e. The molecule has 0 radical (unpaired) electrons. The summed E-state index contributed by atoms with van der Waals surface area (Å²) in [7, 11) is 0. The average molecular weight is 447 g/mol. The summed E-state index contributed by atoms with van der Waals surface area (Å²) in [4.78, 5) is 24.5. The Labute approximate surface area is 193 Å². The predicted octanol–water partition coefficient (Wildman–Crippen LogP) is 4.32. The molecule has 2 heterocycles. The maximum absolute atomic E-state index is 12.1. The van der Waals surface area contributed by atoms with Crippen LogP contribution in [0.4, 0.5) is 5.69 Å². The molecule has 0 unspecified atom stereocenters. The molecular weight excluding hydrogens is 416 g/mol. The van der Waals surface area contributed by atoms with Gasteiger partial charge in [0.2, 0.25) is 11.8 Å². The van der Waals surface area contributed by atoms with E-state index in [1.54, 1.807) is 6.20 Å². The van der Waals surface area contributed by atoms with Gasteiger partial charge in [-0.15, -0.1) is 0 Å². The normalized spacial score (nSPS) is 11.2. The van der Waals surface area contributed by atoms with Gasteiger partial charge in [-0.2, -0.15) is 0 Å². The van der Waals surface area contributed by atoms with Gasteiger partial charge in [-0.3, -0.25) is 4.79 Å². The topological polar surface area (TPSA) is 108 Å². The van der Waals surface area contributed by atoms with Gasteiger partial charge in [0.25, 0.3) is 0 Å². The summed E-state index contributed by atoms with van der Waals surface area (Å²) in [5.74, 6) is 2.01. The summed E-state index contributed by atoms with van der Waals surface area (Å²) in [6.45, 7) is 6.98. The molecule has 8 heteroatoms. The number of nitrogens with one attached hydrogen (secondary N) is 4. The van der Waals surface area contributed by atoms with Crippen LogP contribution in [0.2, 0.25) is 0 Å². The van der Waals surface area contributed by atoms with Gasteiger partial charge in [-0.05, 0) is 56.3 Å². The van der Waals surface area contributed by atoms with Gasteiger partial charge in [0.05, 0.1) is 30.3 Å². The summed E-state index contributed by atoms with van der Waals surface area (Å²) in [5.41, 5.74) is 4.30. The van der Waals surface area contributed by atoms with Gasteiger partial charge in [-0.25, -0.2) is 9.97 Å². The van der Waals surface area contributed by atoms with Crippen LogP contribution < -0.4 is 16.0 Å². The molecule has 4 N–H and O–H groups in total. The number of benzene rings is 2. The first-order valence-electron chi connectivity index (χ1n) is 11.4. The summed E-state index contributed by atoms with van der Waals surface area (Å²) in [5, 5.41) is 9.36. The highest BCUT2D eigenvalue weighted by molar-refractivity contribution is 5.92. The van der Waals surface area contributed by atoms with Gasteiger partial charge < -0.3 is 25.4 Å². The van der Waals surface area contributed by atoms with Gasteiger partial charge in [0.1, 0.15) is 5.82 Å². The number of nitrogens with zero attached hydrogens (tertiary/aromatic N) is 2. The van der Waals surface area contributed by atoms with Gasteiger partial charge >= 0.3 is 0 Å². The van der Waals surface area contributed by atoms with Crippen LogP contribution in [-0.2, 0) is 11.3 Å². The lowest BCUT2D eigenvalue weighted by Crippen LogP contribution is -2.28. The van der Waals surface area contributed by atoms with Crippen molar-refractivity contribution >= 4 is 22.6 Å². The SMILES string of the molecule is CCCNCC(=O)Nc1cccc(-c2cnc(-c3ccc4nc(CNCCC)[nH]c4c3)o2)c1. The number of aromatic amines is 1. The third-order valence-electron chi connectivity index (χ3n) is 5.15. The Kier molecular flexibility index (Phi) is 7.49. The third kappa shape index (κ3) is 5.85. The van der Waals surface area contributed by atoms with Crippen molar-refractivity contribution in [1.82, 2.24) is 25.6 Å². The highest BCUT2D eigenvalue weighted by Crippen LogP contribution is 2.29. The fourth-order valence-electron chi connectivity index (χ4n) is 3.54. The van der Waals surface area contributed by atoms with Crippen LogP contribution in [0, 0.1) is 0 Å². The first kappa shape index (κ1) is 22.7. The molecule has 0 saturated carbocycles. The largest absolute Gasteiger partial charge is 0.436 e. The number of amides is 1. The number of fused-ring (bicyclic) bond motifs is 1. The van der Waals surface area contributed by atoms with Crippen LogP contribution >= 0.6 is 0 Å². The number of oxazole rings is 1. The highest BCUT2D eigenvalue weighted by Gasteiger charge is 2.12. The van der Waals surface area contributed by atoms with E-state index in [0.717, 1.165) is 59.6 Å². The molecule has 0 aliphatic heterocycles. The standard InChI is InChI=1S/C25H30N6O2/c1-3-10-26-15-23-30-20-9-8-18(13-21(20)31-23)25-28-14-22(33-25)17-6-5-7-19(12-17)29-24(32)16-27-11-4-2/h5-9,12-14,26-27H,3-4,10-11,15-16H2,1-2H3,(H,29,32)(H,30,31). The van der Waals surface area contributed by atoms with Crippen LogP contribution in [0.25, 0.3) is 33.8 Å². The Morgan fingerprint density at radius 3 is 2.73 bits per heavy atom. The number of rotatable bonds is 11. The monoisotopic (exact) mass is 446 g/mol. The first-order valence-corrected chi connectivity index (χ1v) is 11.4. The van der Waals surface area contributed by atoms with E-state index >= 15 is 0 Å². The summed E-state index contributed by atoms with van der Waals surface area (Å²) < 4.78 is 6.05. The van der Waals surface area contributed by atoms with E-state index in [2.05, 4.69) is 44.7 Å². The second-order valence-corrected chi connectivity index (χ2v) is 7.93. The zero-order valence-corrected chi connectivity index (χ0v) is 19.1. The lowest BCUT2D eigenvalue weighted by atomic mass is 10.1. The number of aromatic nitrogens is 3. The molecule has 2 aromatic carbocycles. The molecule has 2 aromatic heterocycles. The minimum absolute atomic E-state index is 0.0732. The Morgan fingerprint density at radius 1 is 1.03 bits per heavy atom. The Balaban J connectivity index is 1.47. The van der Waals surface area contributed by atoms with Crippen LogP contribution in [0.15, 0.2) is 53.1 Å². The van der Waals surface area contributed by atoms with Crippen LogP contribution in [0.5, 0.6) is 0 Å². The molecule has 0 aliphatic rings. The summed E-state index contributed by atoms with van der Waals surface area (Å²) in [6.07, 6.45) is 3.78. The number of H-pyrrole nitrogens is 1. The Hall–Kier alpha value is -3.49. The molecule has 0 fully saturated rings. The average Bonchev–Trinajstić information content (AvgIpc) is 3.46. The zero-order valence-electron chi connectivity index (χ0n) is 19.1. The molecule has 0 bridgehead atoms. The van der Waals surface area contributed by atoms with Crippen molar-refractivity contribution in [1.29, 1.82) is 0 Å². The van der Waals surface area contributed by atoms with Crippen molar-refractivity contribution in [2.75, 3.05) is 25.0 Å². The number of carbonyl (C=O) groups excluding carboxylic acids is 1. The van der Waals surface area contributed by atoms with Gasteiger partial charge in [-0.1, -0.05) is 26.0 Å². The van der Waals surface area contributed by atoms with Crippen LogP contribution in [0.3, 0.4) is 0 Å². The lowest BCUT2D eigenvalue weighted by molar-refractivity contribution is -0.115. The summed E-state index contributed by atoms with van der Waals surface area (Å²) >= 11 is 0. The number of anilines is 1. The maximum atomic E-state index is 12.1. The molecule has 4 rings (SSSR count). The molecule has 1 amide bonds. The molecule has 172 valence electrons. The molecule has 0 aliphatic carbocycles. The number of hydrogen-bond acceptors (Lipinski definition) is 6. The van der Waals surface area contributed by atoms with Crippen molar-refractivity contribution < 1.29 is 9.21 Å². The van der Waals surface area contributed by atoms with Crippen molar-refractivity contribution in [3.8, 4) is 22.8 Å². The van der Waals surface area contributed by atoms with Crippen molar-refractivity contribution in [3.05, 3.63) is 54.5 Å². The molecule has 33 heavy (non-hydrogen) atoms. The van der Waals surface area contributed by atoms with E-state index < -0.39 is 0 Å². The summed E-state index contributed by atoms with van der Waals surface area (Å²) in [6, 6.07) is 13.5. The van der Waals surface area contributed by atoms with Crippen molar-refractivity contribution in [2.45, 2.75) is 33.2 Å². The molecule has 0 spiro atoms. The lowest BCUT2D eigenvalue weighted by Gasteiger charge is -2.07. The number of carbonyl (C=O) groups is 1. The van der Waals surface area contributed by atoms with E-state index in [1.807, 2.05) is 42.5 Å². The quantitative estimate of drug-likeness (QED) is 0.256. The number of hydrogen-bond donors (Lipinski definition) is 4. The van der Waals surface area contributed by atoms with E-state index in [9.17, 15) is 4.79 Å². The third-order valence-corrected chi connectivity index (χ3v) is 5.15.